The van der Waals surface area contributed by atoms with Gasteiger partial charge in [0.2, 0.25) is 0 Å². The third-order valence-electron chi connectivity index (χ3n) is 4.05. The summed E-state index contributed by atoms with van der Waals surface area (Å²) in [5.74, 6) is -0.429. The van der Waals surface area contributed by atoms with Gasteiger partial charge in [-0.05, 0) is 47.9 Å². The quantitative estimate of drug-likeness (QED) is 0.225. The van der Waals surface area contributed by atoms with Gasteiger partial charge in [-0.2, -0.15) is 13.2 Å². The number of guanidine groups is 1. The van der Waals surface area contributed by atoms with Gasteiger partial charge in [-0.1, -0.05) is 18.2 Å². The Hall–Kier alpha value is -1.89. The number of halogens is 5. The number of benzene rings is 2. The van der Waals surface area contributed by atoms with E-state index in [1.807, 2.05) is 6.92 Å². The van der Waals surface area contributed by atoms with Crippen LogP contribution >= 0.6 is 24.0 Å². The molecule has 0 fully saturated rings. The largest absolute Gasteiger partial charge is 0.416 e. The van der Waals surface area contributed by atoms with Gasteiger partial charge in [0.1, 0.15) is 5.82 Å². The highest BCUT2D eigenvalue weighted by atomic mass is 127. The van der Waals surface area contributed by atoms with Gasteiger partial charge in [0.05, 0.1) is 17.9 Å². The van der Waals surface area contributed by atoms with E-state index >= 15 is 0 Å². The maximum Gasteiger partial charge on any atom is 0.416 e. The molecule has 0 unspecified atom stereocenters. The molecule has 0 spiro atoms. The van der Waals surface area contributed by atoms with Gasteiger partial charge in [0, 0.05) is 19.3 Å². The molecule has 0 bridgehead atoms. The third-order valence-corrected chi connectivity index (χ3v) is 4.89. The molecule has 2 aromatic carbocycles. The van der Waals surface area contributed by atoms with Gasteiger partial charge in [0.25, 0.3) is 0 Å². The van der Waals surface area contributed by atoms with E-state index in [1.165, 1.54) is 24.3 Å². The van der Waals surface area contributed by atoms with E-state index in [-0.39, 0.29) is 42.8 Å². The van der Waals surface area contributed by atoms with E-state index in [0.29, 0.717) is 29.2 Å². The number of hydrogen-bond acceptors (Lipinski definition) is 3. The molecule has 0 aliphatic heterocycles. The van der Waals surface area contributed by atoms with Crippen LogP contribution in [0.4, 0.5) is 17.6 Å². The molecule has 2 aromatic rings. The van der Waals surface area contributed by atoms with Crippen molar-refractivity contribution in [1.82, 2.24) is 10.6 Å². The fourth-order valence-corrected chi connectivity index (χ4v) is 3.57. The zero-order chi connectivity index (χ0) is 22.4. The minimum absolute atomic E-state index is 0. The zero-order valence-corrected chi connectivity index (χ0v) is 20.1. The molecule has 2 rings (SSSR count). The molecule has 0 amide bonds. The minimum atomic E-state index is -4.43. The number of hydrogen-bond donors (Lipinski definition) is 2. The van der Waals surface area contributed by atoms with Gasteiger partial charge in [0.15, 0.2) is 15.8 Å². The van der Waals surface area contributed by atoms with Crippen molar-refractivity contribution in [2.45, 2.75) is 31.9 Å². The summed E-state index contributed by atoms with van der Waals surface area (Å²) in [5.41, 5.74) is 0.536. The summed E-state index contributed by atoms with van der Waals surface area (Å²) in [5, 5.41) is 5.92. The molecule has 0 aliphatic carbocycles. The van der Waals surface area contributed by atoms with Crippen LogP contribution < -0.4 is 10.6 Å². The summed E-state index contributed by atoms with van der Waals surface area (Å²) in [6.45, 7) is 2.40. The molecule has 31 heavy (non-hydrogen) atoms. The predicted molar refractivity (Wildman–Crippen MR) is 123 cm³/mol. The first-order chi connectivity index (χ1) is 14.0. The zero-order valence-electron chi connectivity index (χ0n) is 17.0. The lowest BCUT2D eigenvalue weighted by molar-refractivity contribution is -0.137. The van der Waals surface area contributed by atoms with Gasteiger partial charge in [-0.3, -0.25) is 0 Å². The Bertz CT molecular complexity index is 1010. The van der Waals surface area contributed by atoms with Gasteiger partial charge in [-0.15, -0.1) is 24.0 Å². The van der Waals surface area contributed by atoms with Crippen molar-refractivity contribution in [2.75, 3.05) is 12.8 Å². The molecule has 0 atom stereocenters. The van der Waals surface area contributed by atoms with Crippen LogP contribution in [-0.4, -0.2) is 27.2 Å². The van der Waals surface area contributed by atoms with Crippen LogP contribution in [0.15, 0.2) is 47.5 Å². The second-order valence-electron chi connectivity index (χ2n) is 6.73. The Balaban J connectivity index is 0.00000480. The molecule has 0 saturated heterocycles. The maximum absolute atomic E-state index is 13.6. The monoisotopic (exact) mass is 573 g/mol. The number of rotatable bonds is 7. The van der Waals surface area contributed by atoms with Crippen molar-refractivity contribution in [3.63, 3.8) is 0 Å². The van der Waals surface area contributed by atoms with Crippen LogP contribution in [0, 0.1) is 5.82 Å². The second kappa shape index (κ2) is 11.7. The minimum Gasteiger partial charge on any atom is -0.357 e. The van der Waals surface area contributed by atoms with E-state index in [2.05, 4.69) is 15.6 Å². The van der Waals surface area contributed by atoms with Crippen molar-refractivity contribution < 1.29 is 26.0 Å². The molecule has 0 heterocycles. The van der Waals surface area contributed by atoms with Crippen molar-refractivity contribution >= 4 is 39.8 Å². The van der Waals surface area contributed by atoms with E-state index in [1.54, 1.807) is 6.07 Å². The second-order valence-corrected chi connectivity index (χ2v) is 8.87. The average Bonchev–Trinajstić information content (AvgIpc) is 2.64. The van der Waals surface area contributed by atoms with Crippen LogP contribution in [0.1, 0.15) is 29.2 Å². The summed E-state index contributed by atoms with van der Waals surface area (Å²) < 4.78 is 75.4. The number of nitrogens with one attached hydrogen (secondary N) is 2. The van der Waals surface area contributed by atoms with E-state index in [4.69, 9.17) is 0 Å². The van der Waals surface area contributed by atoms with Crippen LogP contribution in [-0.2, 0) is 34.9 Å². The highest BCUT2D eigenvalue weighted by Crippen LogP contribution is 2.29. The number of nitrogens with zero attached hydrogens (tertiary/aromatic N) is 1. The van der Waals surface area contributed by atoms with Crippen molar-refractivity contribution in [1.29, 1.82) is 0 Å². The van der Waals surface area contributed by atoms with Gasteiger partial charge >= 0.3 is 6.18 Å². The molecule has 0 radical (unpaired) electrons. The van der Waals surface area contributed by atoms with Crippen LogP contribution in [0.3, 0.4) is 0 Å². The molecule has 0 saturated carbocycles. The highest BCUT2D eigenvalue weighted by molar-refractivity contribution is 14.0. The maximum atomic E-state index is 13.6. The lowest BCUT2D eigenvalue weighted by Gasteiger charge is -2.14. The summed E-state index contributed by atoms with van der Waals surface area (Å²) in [6.07, 6.45) is -3.34. The van der Waals surface area contributed by atoms with E-state index < -0.39 is 27.4 Å². The summed E-state index contributed by atoms with van der Waals surface area (Å²) >= 11 is 0. The Kier molecular flexibility index (Phi) is 10.2. The fraction of sp³-hybridized carbons (Fsp3) is 0.350. The Labute approximate surface area is 196 Å². The average molecular weight is 573 g/mol. The van der Waals surface area contributed by atoms with Gasteiger partial charge in [-0.25, -0.2) is 17.8 Å². The Morgan fingerprint density at radius 1 is 1.06 bits per heavy atom. The molecule has 172 valence electrons. The van der Waals surface area contributed by atoms with Crippen LogP contribution in [0.2, 0.25) is 0 Å². The molecule has 2 N–H and O–H groups in total. The fourth-order valence-electron chi connectivity index (χ4n) is 2.72. The summed E-state index contributed by atoms with van der Waals surface area (Å²) in [4.78, 5) is 4.26. The topological polar surface area (TPSA) is 70.6 Å². The van der Waals surface area contributed by atoms with Crippen molar-refractivity contribution in [2.24, 2.45) is 4.99 Å². The predicted octanol–water partition coefficient (Wildman–Crippen LogP) is 4.26. The molecule has 0 aromatic heterocycles. The van der Waals surface area contributed by atoms with Crippen LogP contribution in [0.25, 0.3) is 0 Å². The number of sulfone groups is 1. The highest BCUT2D eigenvalue weighted by Gasteiger charge is 2.30. The molecule has 5 nitrogen and oxygen atoms in total. The molecule has 0 aliphatic rings. The smallest absolute Gasteiger partial charge is 0.357 e. The SMILES string of the molecule is CCNC(=NCc1cccc(C(F)(F)F)c1)NCc1cc(F)ccc1CS(C)(=O)=O.I. The number of alkyl halides is 3. The van der Waals surface area contributed by atoms with Crippen molar-refractivity contribution in [3.05, 3.63) is 70.5 Å². The lowest BCUT2D eigenvalue weighted by atomic mass is 10.1. The molecular formula is C20H24F4IN3O2S. The first-order valence-electron chi connectivity index (χ1n) is 9.11. The molecule has 11 heteroatoms. The summed E-state index contributed by atoms with van der Waals surface area (Å²) in [6, 6.07) is 8.73. The third kappa shape index (κ3) is 9.42. The normalized spacial score (nSPS) is 12.3. The summed E-state index contributed by atoms with van der Waals surface area (Å²) in [7, 11) is -3.31. The Morgan fingerprint density at radius 2 is 1.77 bits per heavy atom. The first kappa shape index (κ1) is 27.1. The van der Waals surface area contributed by atoms with Crippen LogP contribution in [0.5, 0.6) is 0 Å². The number of aliphatic imine (C=N–C) groups is 1. The van der Waals surface area contributed by atoms with Crippen molar-refractivity contribution in [3.8, 4) is 0 Å². The van der Waals surface area contributed by atoms with Gasteiger partial charge < -0.3 is 10.6 Å². The standard InChI is InChI=1S/C20H23F4N3O2S.HI/c1-3-25-19(26-11-14-5-4-6-17(9-14)20(22,23)24)27-12-16-10-18(21)8-7-15(16)13-30(2,28)29;/h4-10H,3,11-13H2,1-2H3,(H2,25,26,27);1H. The van der Waals surface area contributed by atoms with E-state index in [9.17, 15) is 26.0 Å². The van der Waals surface area contributed by atoms with E-state index in [0.717, 1.165) is 18.4 Å². The Morgan fingerprint density at radius 3 is 2.39 bits per heavy atom. The first-order valence-corrected chi connectivity index (χ1v) is 11.2. The molecular weight excluding hydrogens is 549 g/mol. The lowest BCUT2D eigenvalue weighted by Crippen LogP contribution is -2.37.